The normalized spacial score (nSPS) is 22.2. The van der Waals surface area contributed by atoms with Gasteiger partial charge in [-0.15, -0.1) is 0 Å². The number of nitrogens with one attached hydrogen (secondary N) is 1. The number of hydrogen-bond acceptors (Lipinski definition) is 4. The van der Waals surface area contributed by atoms with E-state index in [4.69, 9.17) is 9.47 Å². The molecule has 0 spiro atoms. The second kappa shape index (κ2) is 7.55. The van der Waals surface area contributed by atoms with Gasteiger partial charge in [-0.2, -0.15) is 0 Å². The third-order valence-electron chi connectivity index (χ3n) is 4.31. The minimum atomic E-state index is 0.538. The fourth-order valence-corrected chi connectivity index (χ4v) is 3.09. The SMILES string of the molecule is CCCC1CN(c2ccc(OC)c(OC)c2)C(CC)CN1. The molecular weight excluding hydrogens is 264 g/mol. The number of benzene rings is 1. The van der Waals surface area contributed by atoms with Crippen molar-refractivity contribution in [2.75, 3.05) is 32.2 Å². The van der Waals surface area contributed by atoms with Gasteiger partial charge in [0.1, 0.15) is 0 Å². The molecule has 1 heterocycles. The number of rotatable bonds is 6. The summed E-state index contributed by atoms with van der Waals surface area (Å²) in [6, 6.07) is 7.34. The molecule has 1 aliphatic heterocycles. The molecule has 2 rings (SSSR count). The zero-order valence-corrected chi connectivity index (χ0v) is 13.7. The quantitative estimate of drug-likeness (QED) is 0.874. The van der Waals surface area contributed by atoms with Crippen molar-refractivity contribution in [3.8, 4) is 11.5 Å². The van der Waals surface area contributed by atoms with E-state index in [1.807, 2.05) is 6.07 Å². The van der Waals surface area contributed by atoms with E-state index in [0.29, 0.717) is 12.1 Å². The third kappa shape index (κ3) is 3.62. The first kappa shape index (κ1) is 16.0. The lowest BCUT2D eigenvalue weighted by molar-refractivity contribution is 0.352. The van der Waals surface area contributed by atoms with Crippen molar-refractivity contribution in [3.63, 3.8) is 0 Å². The van der Waals surface area contributed by atoms with Crippen LogP contribution < -0.4 is 19.7 Å². The lowest BCUT2D eigenvalue weighted by Gasteiger charge is -2.42. The Hall–Kier alpha value is -1.42. The van der Waals surface area contributed by atoms with Gasteiger partial charge in [0.25, 0.3) is 0 Å². The van der Waals surface area contributed by atoms with Crippen LogP contribution in [0.15, 0.2) is 18.2 Å². The van der Waals surface area contributed by atoms with E-state index < -0.39 is 0 Å². The molecule has 1 aromatic rings. The van der Waals surface area contributed by atoms with Crippen LogP contribution in [0, 0.1) is 0 Å². The van der Waals surface area contributed by atoms with Crippen molar-refractivity contribution in [3.05, 3.63) is 18.2 Å². The van der Waals surface area contributed by atoms with Gasteiger partial charge in [0.05, 0.1) is 14.2 Å². The fourth-order valence-electron chi connectivity index (χ4n) is 3.09. The van der Waals surface area contributed by atoms with E-state index in [1.54, 1.807) is 14.2 Å². The molecule has 118 valence electrons. The summed E-state index contributed by atoms with van der Waals surface area (Å²) in [7, 11) is 3.37. The third-order valence-corrected chi connectivity index (χ3v) is 4.31. The molecule has 4 nitrogen and oxygen atoms in total. The zero-order valence-electron chi connectivity index (χ0n) is 13.7. The Labute approximate surface area is 128 Å². The summed E-state index contributed by atoms with van der Waals surface area (Å²) in [5.41, 5.74) is 1.22. The molecular formula is C17H28N2O2. The molecule has 4 heteroatoms. The van der Waals surface area contributed by atoms with Crippen molar-refractivity contribution in [1.29, 1.82) is 0 Å². The van der Waals surface area contributed by atoms with Crippen LogP contribution in [-0.4, -0.2) is 39.4 Å². The number of methoxy groups -OCH3 is 2. The molecule has 0 bridgehead atoms. The first-order chi connectivity index (χ1) is 10.2. The van der Waals surface area contributed by atoms with Gasteiger partial charge in [0, 0.05) is 36.9 Å². The van der Waals surface area contributed by atoms with Crippen molar-refractivity contribution < 1.29 is 9.47 Å². The summed E-state index contributed by atoms with van der Waals surface area (Å²) in [4.78, 5) is 2.51. The van der Waals surface area contributed by atoms with Gasteiger partial charge in [0.2, 0.25) is 0 Å². The largest absolute Gasteiger partial charge is 0.493 e. The van der Waals surface area contributed by atoms with Crippen LogP contribution in [0.2, 0.25) is 0 Å². The van der Waals surface area contributed by atoms with Crippen LogP contribution in [0.1, 0.15) is 33.1 Å². The highest BCUT2D eigenvalue weighted by Crippen LogP contribution is 2.33. The van der Waals surface area contributed by atoms with E-state index in [2.05, 4.69) is 36.2 Å². The van der Waals surface area contributed by atoms with Gasteiger partial charge in [-0.1, -0.05) is 20.3 Å². The number of nitrogens with zero attached hydrogens (tertiary/aromatic N) is 1. The van der Waals surface area contributed by atoms with Crippen molar-refractivity contribution in [2.45, 2.75) is 45.2 Å². The zero-order chi connectivity index (χ0) is 15.2. The molecule has 1 fully saturated rings. The molecule has 1 N–H and O–H groups in total. The first-order valence-electron chi connectivity index (χ1n) is 7.95. The topological polar surface area (TPSA) is 33.7 Å². The molecule has 0 amide bonds. The molecule has 21 heavy (non-hydrogen) atoms. The van der Waals surface area contributed by atoms with Gasteiger partial charge >= 0.3 is 0 Å². The van der Waals surface area contributed by atoms with Crippen LogP contribution in [0.3, 0.4) is 0 Å². The average Bonchev–Trinajstić information content (AvgIpc) is 2.54. The van der Waals surface area contributed by atoms with Crippen LogP contribution >= 0.6 is 0 Å². The molecule has 0 aliphatic carbocycles. The van der Waals surface area contributed by atoms with E-state index in [1.165, 1.54) is 18.5 Å². The van der Waals surface area contributed by atoms with Gasteiger partial charge in [-0.05, 0) is 25.0 Å². The first-order valence-corrected chi connectivity index (χ1v) is 7.95. The lowest BCUT2D eigenvalue weighted by atomic mass is 10.0. The highest BCUT2D eigenvalue weighted by molar-refractivity contribution is 5.57. The molecule has 1 aliphatic rings. The molecule has 0 saturated carbocycles. The monoisotopic (exact) mass is 292 g/mol. The smallest absolute Gasteiger partial charge is 0.162 e. The van der Waals surface area contributed by atoms with Gasteiger partial charge in [-0.3, -0.25) is 0 Å². The van der Waals surface area contributed by atoms with E-state index in [0.717, 1.165) is 31.0 Å². The average molecular weight is 292 g/mol. The summed E-state index contributed by atoms with van der Waals surface area (Å²) in [5, 5.41) is 3.67. The molecule has 0 radical (unpaired) electrons. The Morgan fingerprint density at radius 1 is 1.19 bits per heavy atom. The molecule has 1 aromatic carbocycles. The summed E-state index contributed by atoms with van der Waals surface area (Å²) in [6.45, 7) is 6.60. The maximum absolute atomic E-state index is 5.44. The summed E-state index contributed by atoms with van der Waals surface area (Å²) in [6.07, 6.45) is 3.58. The summed E-state index contributed by atoms with van der Waals surface area (Å²) >= 11 is 0. The molecule has 0 aromatic heterocycles. The highest BCUT2D eigenvalue weighted by Gasteiger charge is 2.27. The maximum atomic E-state index is 5.44. The predicted octanol–water partition coefficient (Wildman–Crippen LogP) is 3.06. The summed E-state index contributed by atoms with van der Waals surface area (Å²) < 4.78 is 10.8. The Kier molecular flexibility index (Phi) is 5.74. The van der Waals surface area contributed by atoms with Crippen molar-refractivity contribution >= 4 is 5.69 Å². The Morgan fingerprint density at radius 3 is 2.57 bits per heavy atom. The highest BCUT2D eigenvalue weighted by atomic mass is 16.5. The van der Waals surface area contributed by atoms with Crippen LogP contribution in [0.4, 0.5) is 5.69 Å². The van der Waals surface area contributed by atoms with Gasteiger partial charge in [0.15, 0.2) is 11.5 Å². The number of ether oxygens (including phenoxy) is 2. The van der Waals surface area contributed by atoms with E-state index in [9.17, 15) is 0 Å². The predicted molar refractivity (Wildman–Crippen MR) is 87.7 cm³/mol. The molecule has 1 saturated heterocycles. The fraction of sp³-hybridized carbons (Fsp3) is 0.647. The molecule has 2 atom stereocenters. The van der Waals surface area contributed by atoms with Crippen molar-refractivity contribution in [2.24, 2.45) is 0 Å². The van der Waals surface area contributed by atoms with Crippen molar-refractivity contribution in [1.82, 2.24) is 5.32 Å². The Bertz CT molecular complexity index is 450. The van der Waals surface area contributed by atoms with Crippen LogP contribution in [0.25, 0.3) is 0 Å². The Balaban J connectivity index is 2.23. The van der Waals surface area contributed by atoms with E-state index >= 15 is 0 Å². The lowest BCUT2D eigenvalue weighted by Crippen LogP contribution is -2.56. The standard InChI is InChI=1S/C17H28N2O2/c1-5-7-13-12-19(14(6-2)11-18-13)15-8-9-16(20-3)17(10-15)21-4/h8-10,13-14,18H,5-7,11-12H2,1-4H3. The Morgan fingerprint density at radius 2 is 1.95 bits per heavy atom. The second-order valence-electron chi connectivity index (χ2n) is 5.65. The maximum Gasteiger partial charge on any atom is 0.162 e. The van der Waals surface area contributed by atoms with Crippen LogP contribution in [-0.2, 0) is 0 Å². The minimum absolute atomic E-state index is 0.538. The second-order valence-corrected chi connectivity index (χ2v) is 5.65. The number of piperazine rings is 1. The minimum Gasteiger partial charge on any atom is -0.493 e. The van der Waals surface area contributed by atoms with Gasteiger partial charge in [-0.25, -0.2) is 0 Å². The molecule has 2 unspecified atom stereocenters. The number of hydrogen-bond donors (Lipinski definition) is 1. The number of anilines is 1. The summed E-state index contributed by atoms with van der Waals surface area (Å²) in [5.74, 6) is 1.59. The van der Waals surface area contributed by atoms with Gasteiger partial charge < -0.3 is 19.7 Å². The van der Waals surface area contributed by atoms with E-state index in [-0.39, 0.29) is 0 Å². The van der Waals surface area contributed by atoms with Crippen LogP contribution in [0.5, 0.6) is 11.5 Å².